The van der Waals surface area contributed by atoms with Crippen LogP contribution in [0.2, 0.25) is 12.6 Å². The fraction of sp³-hybridized carbons (Fsp3) is 0.100. The lowest BCUT2D eigenvalue weighted by atomic mass is 10.0. The summed E-state index contributed by atoms with van der Waals surface area (Å²) >= 11 is 3.90. The fourth-order valence-corrected chi connectivity index (χ4v) is 9.47. The van der Waals surface area contributed by atoms with E-state index in [-0.39, 0.29) is 11.5 Å². The Labute approximate surface area is 170 Å². The summed E-state index contributed by atoms with van der Waals surface area (Å²) in [6.45, 7) is 6.20. The second-order valence-corrected chi connectivity index (χ2v) is 13.7. The molecule has 0 fully saturated rings. The van der Waals surface area contributed by atoms with Gasteiger partial charge in [-0.25, -0.2) is 4.99 Å². The van der Waals surface area contributed by atoms with Crippen LogP contribution in [0.25, 0.3) is 5.57 Å². The maximum absolute atomic E-state index is 12.9. The van der Waals surface area contributed by atoms with E-state index < -0.39 is 8.07 Å². The molecule has 4 rings (SSSR count). The Hall–Kier alpha value is -1.77. The van der Waals surface area contributed by atoms with Crippen LogP contribution in [-0.4, -0.2) is 24.7 Å². The first-order valence-electron chi connectivity index (χ1n) is 8.20. The highest BCUT2D eigenvalue weighted by molar-refractivity contribution is 14.1. The van der Waals surface area contributed by atoms with Crippen molar-refractivity contribution < 1.29 is 9.90 Å². The first kappa shape index (κ1) is 17.6. The summed E-state index contributed by atoms with van der Waals surface area (Å²) in [5.41, 5.74) is 2.53. The molecule has 2 aliphatic rings. The molecule has 1 aromatic heterocycles. The zero-order valence-electron chi connectivity index (χ0n) is 14.1. The van der Waals surface area contributed by atoms with Crippen molar-refractivity contribution in [3.05, 3.63) is 68.1 Å². The summed E-state index contributed by atoms with van der Waals surface area (Å²) in [6.07, 6.45) is 5.39. The smallest absolute Gasteiger partial charge is 0.187 e. The van der Waals surface area contributed by atoms with Gasteiger partial charge < -0.3 is 5.11 Å². The van der Waals surface area contributed by atoms with Crippen molar-refractivity contribution in [1.82, 2.24) is 0 Å². The molecular formula is C20H16INO2SSi. The molecule has 2 heterocycles. The largest absolute Gasteiger partial charge is 0.508 e. The molecule has 26 heavy (non-hydrogen) atoms. The summed E-state index contributed by atoms with van der Waals surface area (Å²) in [4.78, 5) is 18.7. The van der Waals surface area contributed by atoms with Gasteiger partial charge in [0.2, 0.25) is 0 Å². The second-order valence-electron chi connectivity index (χ2n) is 6.57. The quantitative estimate of drug-likeness (QED) is 0.293. The Kier molecular flexibility index (Phi) is 4.36. The lowest BCUT2D eigenvalue weighted by Gasteiger charge is -2.37. The van der Waals surface area contributed by atoms with Gasteiger partial charge in [0.25, 0.3) is 0 Å². The number of carbonyl (C=O) groups is 1. The molecule has 0 spiro atoms. The van der Waals surface area contributed by atoms with Crippen LogP contribution < -0.4 is 5.19 Å². The van der Waals surface area contributed by atoms with Crippen molar-refractivity contribution in [2.24, 2.45) is 4.99 Å². The minimum atomic E-state index is -2.33. The third-order valence-electron chi connectivity index (χ3n) is 4.88. The van der Waals surface area contributed by atoms with Crippen LogP contribution in [0.3, 0.4) is 0 Å². The molecule has 0 amide bonds. The van der Waals surface area contributed by atoms with Crippen molar-refractivity contribution in [1.29, 1.82) is 0 Å². The number of aromatic hydroxyl groups is 1. The lowest BCUT2D eigenvalue weighted by Crippen LogP contribution is -2.52. The minimum absolute atomic E-state index is 0.0311. The van der Waals surface area contributed by atoms with Gasteiger partial charge in [0, 0.05) is 10.5 Å². The monoisotopic (exact) mass is 489 g/mol. The first-order chi connectivity index (χ1) is 12.4. The van der Waals surface area contributed by atoms with Crippen molar-refractivity contribution >= 4 is 69.9 Å². The van der Waals surface area contributed by atoms with Crippen LogP contribution in [0.15, 0.2) is 65.3 Å². The van der Waals surface area contributed by atoms with E-state index in [1.807, 2.05) is 36.4 Å². The van der Waals surface area contributed by atoms with Crippen LogP contribution in [0.5, 0.6) is 5.75 Å². The molecular weight excluding hydrogens is 473 g/mol. The standard InChI is InChI=1S/C20H16INO2SSi/c1-3-10-26(2)17-11-12(23)4-5-13(17)22-14-6-7-15(24)19(20(14)26)16-8-9-18(21)25-16/h3-9,11,23H,1,10H2,2H3. The van der Waals surface area contributed by atoms with Gasteiger partial charge >= 0.3 is 0 Å². The number of phenolic OH excluding ortho intramolecular Hbond substituents is 1. The Morgan fingerprint density at radius 3 is 2.81 bits per heavy atom. The zero-order chi connectivity index (χ0) is 18.5. The molecule has 1 aromatic carbocycles. The Morgan fingerprint density at radius 2 is 2.12 bits per heavy atom. The highest BCUT2D eigenvalue weighted by Crippen LogP contribution is 2.41. The van der Waals surface area contributed by atoms with Crippen molar-refractivity contribution in [3.8, 4) is 5.75 Å². The van der Waals surface area contributed by atoms with Gasteiger partial charge in [-0.15, -0.1) is 17.9 Å². The van der Waals surface area contributed by atoms with Crippen LogP contribution in [-0.2, 0) is 4.79 Å². The Balaban J connectivity index is 2.09. The highest BCUT2D eigenvalue weighted by atomic mass is 127. The van der Waals surface area contributed by atoms with Crippen LogP contribution in [0, 0.1) is 2.88 Å². The Bertz CT molecular complexity index is 1050. The third-order valence-corrected chi connectivity index (χ3v) is 11.1. The van der Waals surface area contributed by atoms with Crippen molar-refractivity contribution in [2.75, 3.05) is 0 Å². The molecule has 1 aliphatic heterocycles. The van der Waals surface area contributed by atoms with Gasteiger partial charge in [0.05, 0.1) is 14.3 Å². The number of phenols is 1. The molecule has 6 heteroatoms. The number of ketones is 1. The van der Waals surface area contributed by atoms with Crippen LogP contribution in [0.1, 0.15) is 4.88 Å². The summed E-state index contributed by atoms with van der Waals surface area (Å²) in [6, 6.07) is 10.2. The van der Waals surface area contributed by atoms with Gasteiger partial charge in [-0.05, 0) is 81.5 Å². The number of aliphatic imine (C=N–C) groups is 1. The second kappa shape index (κ2) is 6.44. The summed E-state index contributed by atoms with van der Waals surface area (Å²) in [5.74, 6) is 0.263. The number of allylic oxidation sites excluding steroid dienone is 5. The SMILES string of the molecule is C=CC[Si]1(C)C2=C(c3ccc(I)s3)C(=O)C=CC2=Nc2ccc(O)cc21. The normalized spacial score (nSPS) is 21.3. The van der Waals surface area contributed by atoms with Crippen LogP contribution in [0.4, 0.5) is 5.69 Å². The molecule has 1 aliphatic carbocycles. The molecule has 130 valence electrons. The molecule has 0 radical (unpaired) electrons. The van der Waals surface area contributed by atoms with E-state index >= 15 is 0 Å². The molecule has 0 saturated heterocycles. The lowest BCUT2D eigenvalue weighted by molar-refractivity contribution is -0.109. The number of benzene rings is 1. The average Bonchev–Trinajstić information content (AvgIpc) is 3.03. The zero-order valence-corrected chi connectivity index (χ0v) is 18.1. The molecule has 1 unspecified atom stereocenters. The predicted molar refractivity (Wildman–Crippen MR) is 120 cm³/mol. The minimum Gasteiger partial charge on any atom is -0.508 e. The van der Waals surface area contributed by atoms with Gasteiger partial charge in [-0.1, -0.05) is 12.6 Å². The number of hydrogen-bond acceptors (Lipinski definition) is 4. The van der Waals surface area contributed by atoms with Crippen molar-refractivity contribution in [2.45, 2.75) is 12.6 Å². The number of hydrogen-bond donors (Lipinski definition) is 1. The molecule has 1 N–H and O–H groups in total. The van der Waals surface area contributed by atoms with Crippen molar-refractivity contribution in [3.63, 3.8) is 0 Å². The number of nitrogens with zero attached hydrogens (tertiary/aromatic N) is 1. The van der Waals surface area contributed by atoms with Gasteiger partial charge in [-0.2, -0.15) is 0 Å². The van der Waals surface area contributed by atoms with Crippen LogP contribution >= 0.6 is 33.9 Å². The number of fused-ring (bicyclic) bond motifs is 2. The fourth-order valence-electron chi connectivity index (χ4n) is 3.75. The molecule has 0 bridgehead atoms. The van der Waals surface area contributed by atoms with Gasteiger partial charge in [0.15, 0.2) is 5.78 Å². The number of halogens is 1. The van der Waals surface area contributed by atoms with E-state index in [1.54, 1.807) is 23.5 Å². The maximum atomic E-state index is 12.9. The summed E-state index contributed by atoms with van der Waals surface area (Å²) in [5, 5.41) is 12.2. The number of carbonyl (C=O) groups excluding carboxylic acids is 1. The van der Waals surface area contributed by atoms with E-state index in [0.717, 1.165) is 41.2 Å². The number of rotatable bonds is 3. The predicted octanol–water partition coefficient (Wildman–Crippen LogP) is 4.75. The maximum Gasteiger partial charge on any atom is 0.187 e. The third kappa shape index (κ3) is 2.67. The van der Waals surface area contributed by atoms with Gasteiger partial charge in [-0.3, -0.25) is 4.79 Å². The van der Waals surface area contributed by atoms with E-state index in [9.17, 15) is 9.90 Å². The summed E-state index contributed by atoms with van der Waals surface area (Å²) in [7, 11) is -2.33. The topological polar surface area (TPSA) is 49.7 Å². The molecule has 0 saturated carbocycles. The van der Waals surface area contributed by atoms with Gasteiger partial charge in [0.1, 0.15) is 13.8 Å². The molecule has 2 aromatic rings. The number of thiophene rings is 1. The van der Waals surface area contributed by atoms with E-state index in [0.29, 0.717) is 0 Å². The summed E-state index contributed by atoms with van der Waals surface area (Å²) < 4.78 is 1.15. The first-order valence-corrected chi connectivity index (χ1v) is 12.8. The average molecular weight is 489 g/mol. The Morgan fingerprint density at radius 1 is 1.31 bits per heavy atom. The van der Waals surface area contributed by atoms with E-state index in [4.69, 9.17) is 4.99 Å². The molecule has 3 nitrogen and oxygen atoms in total. The highest BCUT2D eigenvalue weighted by Gasteiger charge is 2.44. The molecule has 1 atom stereocenters. The van der Waals surface area contributed by atoms with E-state index in [1.165, 1.54) is 0 Å². The van der Waals surface area contributed by atoms with E-state index in [2.05, 4.69) is 35.7 Å².